The Morgan fingerprint density at radius 1 is 1.26 bits per heavy atom. The Kier molecular flexibility index (Phi) is 3.42. The number of hydrogen-bond acceptors (Lipinski definition) is 4. The molecule has 96 valence electrons. The molecule has 0 atom stereocenters. The second kappa shape index (κ2) is 5.18. The molecule has 1 heterocycles. The van der Waals surface area contributed by atoms with Gasteiger partial charge in [0.05, 0.1) is 5.69 Å². The third kappa shape index (κ3) is 2.86. The van der Waals surface area contributed by atoms with Gasteiger partial charge in [-0.2, -0.15) is 0 Å². The maximum Gasteiger partial charge on any atom is 0.339 e. The number of aromatic nitrogens is 1. The van der Waals surface area contributed by atoms with Crippen molar-refractivity contribution in [3.8, 4) is 0 Å². The molecule has 0 bridgehead atoms. The highest BCUT2D eigenvalue weighted by Crippen LogP contribution is 2.20. The van der Waals surface area contributed by atoms with E-state index in [4.69, 9.17) is 10.8 Å². The van der Waals surface area contributed by atoms with Crippen LogP contribution in [0.1, 0.15) is 20.7 Å². The number of primary amides is 1. The minimum Gasteiger partial charge on any atom is -0.478 e. The van der Waals surface area contributed by atoms with Crippen LogP contribution in [0.25, 0.3) is 0 Å². The average Bonchev–Trinajstić information content (AvgIpc) is 2.39. The molecule has 0 aliphatic heterocycles. The predicted octanol–water partition coefficient (Wildman–Crippen LogP) is 1.62. The molecule has 0 fully saturated rings. The summed E-state index contributed by atoms with van der Waals surface area (Å²) >= 11 is 0. The van der Waals surface area contributed by atoms with E-state index in [0.29, 0.717) is 16.9 Å². The van der Waals surface area contributed by atoms with Gasteiger partial charge in [-0.25, -0.2) is 4.79 Å². The number of rotatable bonds is 4. The highest BCUT2D eigenvalue weighted by Gasteiger charge is 2.10. The highest BCUT2D eigenvalue weighted by atomic mass is 16.4. The predicted molar refractivity (Wildman–Crippen MR) is 69.4 cm³/mol. The normalized spacial score (nSPS) is 9.89. The van der Waals surface area contributed by atoms with E-state index < -0.39 is 11.9 Å². The zero-order chi connectivity index (χ0) is 13.8. The Bertz CT molecular complexity index is 641. The molecule has 2 rings (SSSR count). The van der Waals surface area contributed by atoms with Crippen molar-refractivity contribution in [3.05, 3.63) is 53.9 Å². The summed E-state index contributed by atoms with van der Waals surface area (Å²) in [5.41, 5.74) is 6.54. The number of carbonyl (C=O) groups excluding carboxylic acids is 1. The van der Waals surface area contributed by atoms with E-state index in [1.165, 1.54) is 12.4 Å². The monoisotopic (exact) mass is 257 g/mol. The Labute approximate surface area is 108 Å². The lowest BCUT2D eigenvalue weighted by Crippen LogP contribution is -2.11. The van der Waals surface area contributed by atoms with Crippen molar-refractivity contribution in [3.63, 3.8) is 0 Å². The van der Waals surface area contributed by atoms with E-state index in [9.17, 15) is 9.59 Å². The van der Waals surface area contributed by atoms with E-state index >= 15 is 0 Å². The molecule has 0 aliphatic rings. The molecule has 0 saturated carbocycles. The van der Waals surface area contributed by atoms with Gasteiger partial charge >= 0.3 is 5.97 Å². The van der Waals surface area contributed by atoms with Gasteiger partial charge < -0.3 is 16.2 Å². The number of nitrogens with zero attached hydrogens (tertiary/aromatic N) is 1. The quantitative estimate of drug-likeness (QED) is 0.771. The first-order valence-corrected chi connectivity index (χ1v) is 5.42. The Morgan fingerprint density at radius 3 is 2.74 bits per heavy atom. The van der Waals surface area contributed by atoms with E-state index in [-0.39, 0.29) is 5.56 Å². The molecule has 2 aromatic rings. The molecular formula is C13H11N3O3. The average molecular weight is 257 g/mol. The number of carboxylic acid groups (broad SMARTS) is 1. The maximum absolute atomic E-state index is 11.1. The Hall–Kier alpha value is -2.89. The minimum atomic E-state index is -1.08. The number of benzene rings is 1. The summed E-state index contributed by atoms with van der Waals surface area (Å²) in [6.07, 6.45) is 2.73. The molecule has 0 unspecified atom stereocenters. The molecule has 0 radical (unpaired) electrons. The second-order valence-electron chi connectivity index (χ2n) is 3.80. The molecule has 6 nitrogen and oxygen atoms in total. The van der Waals surface area contributed by atoms with E-state index in [1.807, 2.05) is 0 Å². The molecule has 6 heteroatoms. The zero-order valence-electron chi connectivity index (χ0n) is 9.83. The summed E-state index contributed by atoms with van der Waals surface area (Å²) in [6, 6.07) is 8.04. The van der Waals surface area contributed by atoms with Crippen LogP contribution in [-0.4, -0.2) is 22.0 Å². The van der Waals surface area contributed by atoms with Crippen LogP contribution < -0.4 is 11.1 Å². The first-order chi connectivity index (χ1) is 9.08. The summed E-state index contributed by atoms with van der Waals surface area (Å²) in [5, 5.41) is 12.0. The van der Waals surface area contributed by atoms with E-state index in [2.05, 4.69) is 10.3 Å². The van der Waals surface area contributed by atoms with Gasteiger partial charge in [-0.05, 0) is 24.3 Å². The van der Waals surface area contributed by atoms with E-state index in [1.54, 1.807) is 30.3 Å². The first kappa shape index (κ1) is 12.6. The summed E-state index contributed by atoms with van der Waals surface area (Å²) in [6.45, 7) is 0. The van der Waals surface area contributed by atoms with E-state index in [0.717, 1.165) is 0 Å². The van der Waals surface area contributed by atoms with Crippen molar-refractivity contribution in [2.45, 2.75) is 0 Å². The standard InChI is InChI=1S/C13H11N3O3/c14-12(17)8-2-1-3-9(6-8)16-11-4-5-15-7-10(11)13(18)19/h1-7H,(H2,14,17)(H,15,16)(H,18,19). The molecule has 0 spiro atoms. The van der Waals surface area contributed by atoms with Crippen molar-refractivity contribution in [2.24, 2.45) is 5.73 Å². The number of anilines is 2. The summed E-state index contributed by atoms with van der Waals surface area (Å²) < 4.78 is 0. The zero-order valence-corrected chi connectivity index (χ0v) is 9.83. The Morgan fingerprint density at radius 2 is 2.05 bits per heavy atom. The lowest BCUT2D eigenvalue weighted by molar-refractivity contribution is 0.0697. The fraction of sp³-hybridized carbons (Fsp3) is 0. The van der Waals surface area contributed by atoms with Crippen LogP contribution in [0.15, 0.2) is 42.7 Å². The van der Waals surface area contributed by atoms with Crippen LogP contribution in [-0.2, 0) is 0 Å². The molecule has 1 aromatic carbocycles. The number of amides is 1. The van der Waals surface area contributed by atoms with Gasteiger partial charge in [-0.15, -0.1) is 0 Å². The van der Waals surface area contributed by atoms with Crippen molar-refractivity contribution in [2.75, 3.05) is 5.32 Å². The highest BCUT2D eigenvalue weighted by molar-refractivity contribution is 5.96. The van der Waals surface area contributed by atoms with Crippen LogP contribution in [0.4, 0.5) is 11.4 Å². The minimum absolute atomic E-state index is 0.0481. The van der Waals surface area contributed by atoms with Crippen LogP contribution >= 0.6 is 0 Å². The molecule has 1 amide bonds. The van der Waals surface area contributed by atoms with Gasteiger partial charge in [-0.1, -0.05) is 6.07 Å². The molecule has 0 saturated heterocycles. The number of hydrogen-bond donors (Lipinski definition) is 3. The lowest BCUT2D eigenvalue weighted by atomic mass is 10.1. The van der Waals surface area contributed by atoms with Gasteiger partial charge in [0.25, 0.3) is 0 Å². The fourth-order valence-corrected chi connectivity index (χ4v) is 1.58. The van der Waals surface area contributed by atoms with Crippen LogP contribution in [0.2, 0.25) is 0 Å². The number of pyridine rings is 1. The smallest absolute Gasteiger partial charge is 0.339 e. The number of nitrogens with two attached hydrogens (primary N) is 1. The summed E-state index contributed by atoms with van der Waals surface area (Å²) in [7, 11) is 0. The van der Waals surface area contributed by atoms with Crippen LogP contribution in [0.5, 0.6) is 0 Å². The first-order valence-electron chi connectivity index (χ1n) is 5.42. The summed E-state index contributed by atoms with van der Waals surface area (Å²) in [4.78, 5) is 25.9. The van der Waals surface area contributed by atoms with Gasteiger partial charge in [0.15, 0.2) is 0 Å². The fourth-order valence-electron chi connectivity index (χ4n) is 1.58. The van der Waals surface area contributed by atoms with Gasteiger partial charge in [0.1, 0.15) is 5.56 Å². The molecule has 1 aromatic heterocycles. The number of carboxylic acids is 1. The van der Waals surface area contributed by atoms with Gasteiger partial charge in [0, 0.05) is 23.6 Å². The van der Waals surface area contributed by atoms with Gasteiger partial charge in [0.2, 0.25) is 5.91 Å². The molecule has 4 N–H and O–H groups in total. The third-order valence-corrected chi connectivity index (χ3v) is 2.48. The number of carbonyl (C=O) groups is 2. The largest absolute Gasteiger partial charge is 0.478 e. The SMILES string of the molecule is NC(=O)c1cccc(Nc2ccncc2C(=O)O)c1. The van der Waals surface area contributed by atoms with Crippen molar-refractivity contribution >= 4 is 23.3 Å². The molecule has 0 aliphatic carbocycles. The molecular weight excluding hydrogens is 246 g/mol. The second-order valence-corrected chi connectivity index (χ2v) is 3.80. The number of nitrogens with one attached hydrogen (secondary N) is 1. The topological polar surface area (TPSA) is 105 Å². The summed E-state index contributed by atoms with van der Waals surface area (Å²) in [5.74, 6) is -1.63. The Balaban J connectivity index is 2.34. The van der Waals surface area contributed by atoms with Gasteiger partial charge in [-0.3, -0.25) is 9.78 Å². The molecule has 19 heavy (non-hydrogen) atoms. The number of aromatic carboxylic acids is 1. The van der Waals surface area contributed by atoms with Crippen LogP contribution in [0, 0.1) is 0 Å². The van der Waals surface area contributed by atoms with Crippen molar-refractivity contribution in [1.29, 1.82) is 0 Å². The lowest BCUT2D eigenvalue weighted by Gasteiger charge is -2.09. The van der Waals surface area contributed by atoms with Crippen molar-refractivity contribution < 1.29 is 14.7 Å². The van der Waals surface area contributed by atoms with Crippen molar-refractivity contribution in [1.82, 2.24) is 4.98 Å². The van der Waals surface area contributed by atoms with Crippen LogP contribution in [0.3, 0.4) is 0 Å². The maximum atomic E-state index is 11.1. The third-order valence-electron chi connectivity index (χ3n) is 2.48.